The van der Waals surface area contributed by atoms with Crippen molar-refractivity contribution in [3.05, 3.63) is 93.3 Å². The lowest BCUT2D eigenvalue weighted by Crippen LogP contribution is -2.15. The van der Waals surface area contributed by atoms with Crippen LogP contribution in [0, 0.1) is 5.82 Å². The maximum atomic E-state index is 14.5. The normalized spacial score (nSPS) is 11.6. The van der Waals surface area contributed by atoms with E-state index in [4.69, 9.17) is 5.73 Å². The molecule has 1 amide bonds. The number of carboxylic acid groups (broad SMARTS) is 1. The minimum Gasteiger partial charge on any atom is -0.477 e. The number of benzene rings is 2. The largest absolute Gasteiger partial charge is 0.477 e. The Hall–Kier alpha value is -4.41. The van der Waals surface area contributed by atoms with Crippen LogP contribution in [-0.4, -0.2) is 26.5 Å². The Labute approximate surface area is 188 Å². The number of aromatic carboxylic acids is 1. The second-order valence-corrected chi connectivity index (χ2v) is 7.43. The van der Waals surface area contributed by atoms with Crippen LogP contribution in [0.2, 0.25) is 0 Å². The smallest absolute Gasteiger partial charge is 0.416 e. The number of aromatic amines is 1. The quantitative estimate of drug-likeness (QED) is 0.380. The first-order chi connectivity index (χ1) is 16.0. The summed E-state index contributed by atoms with van der Waals surface area (Å²) in [6, 6.07) is 8.50. The summed E-state index contributed by atoms with van der Waals surface area (Å²) in [4.78, 5) is 38.7. The van der Waals surface area contributed by atoms with Crippen molar-refractivity contribution in [3.8, 4) is 11.1 Å². The Kier molecular flexibility index (Phi) is 5.48. The fraction of sp³-hybridized carbons (Fsp3) is 0.0870. The average molecular weight is 473 g/mol. The zero-order valence-electron chi connectivity index (χ0n) is 17.1. The Bertz CT molecular complexity index is 1520. The maximum absolute atomic E-state index is 14.5. The number of carboxylic acids is 1. The lowest BCUT2D eigenvalue weighted by molar-refractivity contribution is -0.137. The summed E-state index contributed by atoms with van der Waals surface area (Å²) in [6.07, 6.45) is -3.45. The van der Waals surface area contributed by atoms with Gasteiger partial charge in [-0.15, -0.1) is 0 Å². The van der Waals surface area contributed by atoms with Crippen molar-refractivity contribution in [2.45, 2.75) is 12.7 Å². The highest BCUT2D eigenvalue weighted by atomic mass is 19.4. The van der Waals surface area contributed by atoms with E-state index in [9.17, 15) is 37.1 Å². The average Bonchev–Trinajstić information content (AvgIpc) is 3.08. The number of amides is 1. The number of hydrogen-bond acceptors (Lipinski definition) is 3. The van der Waals surface area contributed by atoms with Gasteiger partial charge in [0.25, 0.3) is 5.56 Å². The lowest BCUT2D eigenvalue weighted by atomic mass is 10.0. The number of alkyl halides is 3. The SMILES string of the molecule is NC(=O)c1ccc(F)c(Cn2c(C(=O)O)c(-c3ccc[nH]c3=O)c3cc(C(F)(F)F)ccc32)c1. The van der Waals surface area contributed by atoms with E-state index >= 15 is 0 Å². The van der Waals surface area contributed by atoms with Crippen molar-refractivity contribution in [1.29, 1.82) is 0 Å². The van der Waals surface area contributed by atoms with Gasteiger partial charge in [-0.05, 0) is 48.5 Å². The molecular weight excluding hydrogens is 458 g/mol. The van der Waals surface area contributed by atoms with Gasteiger partial charge in [0.1, 0.15) is 11.5 Å². The van der Waals surface area contributed by atoms with Gasteiger partial charge < -0.3 is 20.4 Å². The van der Waals surface area contributed by atoms with E-state index in [0.29, 0.717) is 0 Å². The number of nitrogens with two attached hydrogens (primary N) is 1. The molecule has 2 aromatic heterocycles. The number of fused-ring (bicyclic) bond motifs is 1. The highest BCUT2D eigenvalue weighted by Crippen LogP contribution is 2.38. The zero-order valence-corrected chi connectivity index (χ0v) is 17.1. The monoisotopic (exact) mass is 473 g/mol. The molecule has 0 atom stereocenters. The Morgan fingerprint density at radius 2 is 1.82 bits per heavy atom. The van der Waals surface area contributed by atoms with Crippen LogP contribution < -0.4 is 11.3 Å². The zero-order chi connectivity index (χ0) is 24.8. The highest BCUT2D eigenvalue weighted by molar-refractivity contribution is 6.08. The summed E-state index contributed by atoms with van der Waals surface area (Å²) in [5, 5.41) is 9.84. The molecule has 0 fully saturated rings. The van der Waals surface area contributed by atoms with Crippen molar-refractivity contribution in [3.63, 3.8) is 0 Å². The molecule has 0 radical (unpaired) electrons. The molecule has 34 heavy (non-hydrogen) atoms. The van der Waals surface area contributed by atoms with Gasteiger partial charge in [-0.1, -0.05) is 0 Å². The molecule has 0 aliphatic heterocycles. The van der Waals surface area contributed by atoms with Crippen LogP contribution in [0.1, 0.15) is 32.0 Å². The molecular formula is C23H15F4N3O4. The molecule has 2 heterocycles. The van der Waals surface area contributed by atoms with E-state index < -0.39 is 47.2 Å². The molecule has 11 heteroatoms. The molecule has 174 valence electrons. The van der Waals surface area contributed by atoms with E-state index in [-0.39, 0.29) is 33.2 Å². The van der Waals surface area contributed by atoms with Crippen LogP contribution in [0.15, 0.2) is 59.5 Å². The third-order valence-corrected chi connectivity index (χ3v) is 5.34. The number of H-pyrrole nitrogens is 1. The van der Waals surface area contributed by atoms with Crippen molar-refractivity contribution in [2.24, 2.45) is 5.73 Å². The number of hydrogen-bond donors (Lipinski definition) is 3. The number of primary amides is 1. The fourth-order valence-electron chi connectivity index (χ4n) is 3.83. The minimum atomic E-state index is -4.73. The van der Waals surface area contributed by atoms with Crippen LogP contribution in [-0.2, 0) is 12.7 Å². The fourth-order valence-corrected chi connectivity index (χ4v) is 3.83. The van der Waals surface area contributed by atoms with E-state index in [1.165, 1.54) is 18.3 Å². The molecule has 0 saturated carbocycles. The minimum absolute atomic E-state index is 0.0209. The third kappa shape index (κ3) is 3.91. The molecule has 4 rings (SSSR count). The van der Waals surface area contributed by atoms with E-state index in [0.717, 1.165) is 41.0 Å². The summed E-state index contributed by atoms with van der Waals surface area (Å²) in [5.41, 5.74) is 2.39. The van der Waals surface area contributed by atoms with Gasteiger partial charge >= 0.3 is 12.1 Å². The summed E-state index contributed by atoms with van der Waals surface area (Å²) in [6.45, 7) is -0.457. The van der Waals surface area contributed by atoms with Crippen molar-refractivity contribution < 1.29 is 32.3 Å². The molecule has 0 unspecified atom stereocenters. The number of pyridine rings is 1. The van der Waals surface area contributed by atoms with Gasteiger partial charge in [0.2, 0.25) is 5.91 Å². The molecule has 2 aromatic carbocycles. The first-order valence-electron chi connectivity index (χ1n) is 9.72. The Balaban J connectivity index is 2.09. The first-order valence-corrected chi connectivity index (χ1v) is 9.72. The van der Waals surface area contributed by atoms with Gasteiger partial charge in [0.05, 0.1) is 12.1 Å². The van der Waals surface area contributed by atoms with Crippen molar-refractivity contribution >= 4 is 22.8 Å². The van der Waals surface area contributed by atoms with Gasteiger partial charge in [-0.3, -0.25) is 9.59 Å². The van der Waals surface area contributed by atoms with Crippen LogP contribution >= 0.6 is 0 Å². The predicted molar refractivity (Wildman–Crippen MR) is 114 cm³/mol. The van der Waals surface area contributed by atoms with Crippen LogP contribution in [0.4, 0.5) is 17.6 Å². The summed E-state index contributed by atoms with van der Waals surface area (Å²) in [7, 11) is 0. The number of aromatic nitrogens is 2. The summed E-state index contributed by atoms with van der Waals surface area (Å²) < 4.78 is 55.9. The first kappa shape index (κ1) is 22.8. The highest BCUT2D eigenvalue weighted by Gasteiger charge is 2.33. The van der Waals surface area contributed by atoms with Crippen LogP contribution in [0.3, 0.4) is 0 Å². The predicted octanol–water partition coefficient (Wildman–Crippen LogP) is 4.00. The number of rotatable bonds is 5. The van der Waals surface area contributed by atoms with Gasteiger partial charge in [-0.25, -0.2) is 9.18 Å². The number of carbonyl (C=O) groups excluding carboxylic acids is 1. The summed E-state index contributed by atoms with van der Waals surface area (Å²) >= 11 is 0. The van der Waals surface area contributed by atoms with Crippen LogP contribution in [0.5, 0.6) is 0 Å². The molecule has 4 aromatic rings. The maximum Gasteiger partial charge on any atom is 0.416 e. The molecule has 0 aliphatic carbocycles. The van der Waals surface area contributed by atoms with Crippen molar-refractivity contribution in [1.82, 2.24) is 9.55 Å². The van der Waals surface area contributed by atoms with Gasteiger partial charge in [-0.2, -0.15) is 13.2 Å². The number of carbonyl (C=O) groups is 2. The van der Waals surface area contributed by atoms with E-state index in [1.54, 1.807) is 0 Å². The molecule has 0 saturated heterocycles. The molecule has 0 bridgehead atoms. The summed E-state index contributed by atoms with van der Waals surface area (Å²) in [5.74, 6) is -3.17. The topological polar surface area (TPSA) is 118 Å². The lowest BCUT2D eigenvalue weighted by Gasteiger charge is -2.11. The molecule has 0 spiro atoms. The number of nitrogens with zero attached hydrogens (tertiary/aromatic N) is 1. The molecule has 4 N–H and O–H groups in total. The van der Waals surface area contributed by atoms with Crippen LogP contribution in [0.25, 0.3) is 22.0 Å². The van der Waals surface area contributed by atoms with Crippen molar-refractivity contribution in [2.75, 3.05) is 0 Å². The Morgan fingerprint density at radius 3 is 2.44 bits per heavy atom. The second-order valence-electron chi connectivity index (χ2n) is 7.43. The van der Waals surface area contributed by atoms with E-state index in [2.05, 4.69) is 4.98 Å². The third-order valence-electron chi connectivity index (χ3n) is 5.34. The number of nitrogens with one attached hydrogen (secondary N) is 1. The molecule has 0 aliphatic rings. The standard InChI is InChI=1S/C23H15F4N3O4/c24-16-5-3-11(20(28)31)8-12(16)10-30-17-6-4-13(23(25,26)27)9-15(17)18(19(30)22(33)34)14-2-1-7-29-21(14)32/h1-9H,10H2,(H2,28,31)(H,29,32)(H,33,34). The Morgan fingerprint density at radius 1 is 1.09 bits per heavy atom. The molecule has 7 nitrogen and oxygen atoms in total. The van der Waals surface area contributed by atoms with Gasteiger partial charge in [0.15, 0.2) is 0 Å². The number of halogens is 4. The van der Waals surface area contributed by atoms with Gasteiger partial charge in [0, 0.05) is 39.4 Å². The second kappa shape index (κ2) is 8.18. The van der Waals surface area contributed by atoms with E-state index in [1.807, 2.05) is 0 Å².